The molecule has 1 fully saturated rings. The molecule has 0 aromatic heterocycles. The molecule has 26 heavy (non-hydrogen) atoms. The molecule has 0 bridgehead atoms. The van der Waals surface area contributed by atoms with E-state index in [1.54, 1.807) is 16.7 Å². The maximum atomic E-state index is 4.11. The summed E-state index contributed by atoms with van der Waals surface area (Å²) in [6.45, 7) is 18.7. The van der Waals surface area contributed by atoms with E-state index in [0.29, 0.717) is 16.2 Å². The van der Waals surface area contributed by atoms with E-state index < -0.39 is 0 Å². The van der Waals surface area contributed by atoms with Crippen molar-refractivity contribution in [2.24, 2.45) is 22.2 Å². The molecule has 0 saturated heterocycles. The first-order valence-electron chi connectivity index (χ1n) is 10.6. The van der Waals surface area contributed by atoms with E-state index in [1.165, 1.54) is 49.7 Å². The Morgan fingerprint density at radius 2 is 1.73 bits per heavy atom. The van der Waals surface area contributed by atoms with Crippen LogP contribution in [0.15, 0.2) is 58.2 Å². The van der Waals surface area contributed by atoms with Gasteiger partial charge in [0.1, 0.15) is 0 Å². The van der Waals surface area contributed by atoms with E-state index in [-0.39, 0.29) is 0 Å². The Hall–Kier alpha value is -1.30. The molecule has 1 saturated carbocycles. The molecule has 0 heterocycles. The maximum absolute atomic E-state index is 4.11. The third kappa shape index (κ3) is 2.72. The van der Waals surface area contributed by atoms with Crippen molar-refractivity contribution < 1.29 is 0 Å². The summed E-state index contributed by atoms with van der Waals surface area (Å²) in [6.07, 6.45) is 14.9. The molecule has 0 aromatic carbocycles. The standard InChI is InChI=1S/C26H36/c1-17(2)19-10-8-18(9-11-19)14-20-15-21-23(22-16-26(20,22)7)25(5,6)13-12-24(21,3)4/h8,10,15,22H,1,9,11-14,16H2,2-7H3. The number of fused-ring (bicyclic) bond motifs is 2. The number of hydrogen-bond donors (Lipinski definition) is 0. The first-order valence-corrected chi connectivity index (χ1v) is 10.6. The van der Waals surface area contributed by atoms with Gasteiger partial charge < -0.3 is 0 Å². The first kappa shape index (κ1) is 18.1. The van der Waals surface area contributed by atoms with Crippen molar-refractivity contribution in [3.8, 4) is 0 Å². The van der Waals surface area contributed by atoms with Gasteiger partial charge in [0.25, 0.3) is 0 Å². The van der Waals surface area contributed by atoms with Crippen LogP contribution in [0, 0.1) is 22.2 Å². The Kier molecular flexibility index (Phi) is 3.89. The van der Waals surface area contributed by atoms with Gasteiger partial charge in [0.2, 0.25) is 0 Å². The fourth-order valence-electron chi connectivity index (χ4n) is 5.72. The zero-order chi connectivity index (χ0) is 18.9. The van der Waals surface area contributed by atoms with E-state index in [9.17, 15) is 0 Å². The highest BCUT2D eigenvalue weighted by molar-refractivity contribution is 5.53. The predicted octanol–water partition coefficient (Wildman–Crippen LogP) is 7.71. The van der Waals surface area contributed by atoms with E-state index >= 15 is 0 Å². The molecule has 0 spiro atoms. The van der Waals surface area contributed by atoms with Crippen LogP contribution in [0.25, 0.3) is 0 Å². The summed E-state index contributed by atoms with van der Waals surface area (Å²) < 4.78 is 0. The summed E-state index contributed by atoms with van der Waals surface area (Å²) in [5.74, 6) is 0.804. The summed E-state index contributed by atoms with van der Waals surface area (Å²) in [4.78, 5) is 0. The van der Waals surface area contributed by atoms with E-state index in [0.717, 1.165) is 5.92 Å². The summed E-state index contributed by atoms with van der Waals surface area (Å²) in [7, 11) is 0. The zero-order valence-corrected chi connectivity index (χ0v) is 17.8. The van der Waals surface area contributed by atoms with Crippen LogP contribution in [0.1, 0.15) is 80.1 Å². The van der Waals surface area contributed by atoms with Crippen LogP contribution in [-0.4, -0.2) is 0 Å². The lowest BCUT2D eigenvalue weighted by Gasteiger charge is -2.46. The SMILES string of the molecule is C=C(C)C1=CC=C(CC2=CC3=C(C4CC24C)C(C)(C)CCC3(C)C)CC1. The fourth-order valence-corrected chi connectivity index (χ4v) is 5.72. The summed E-state index contributed by atoms with van der Waals surface area (Å²) in [5, 5.41) is 0. The highest BCUT2D eigenvalue weighted by atomic mass is 14.6. The first-order chi connectivity index (χ1) is 12.0. The number of hydrogen-bond acceptors (Lipinski definition) is 0. The Morgan fingerprint density at radius 3 is 2.35 bits per heavy atom. The lowest BCUT2D eigenvalue weighted by molar-refractivity contribution is 0.248. The third-order valence-corrected chi connectivity index (χ3v) is 7.96. The topological polar surface area (TPSA) is 0 Å². The lowest BCUT2D eigenvalue weighted by atomic mass is 9.59. The molecule has 0 aliphatic heterocycles. The van der Waals surface area contributed by atoms with Crippen LogP contribution in [0.3, 0.4) is 0 Å². The van der Waals surface area contributed by atoms with Gasteiger partial charge in [0, 0.05) is 0 Å². The van der Waals surface area contributed by atoms with Crippen LogP contribution in [-0.2, 0) is 0 Å². The molecule has 0 amide bonds. The molecule has 0 heteroatoms. The van der Waals surface area contributed by atoms with Crippen LogP contribution >= 0.6 is 0 Å². The van der Waals surface area contributed by atoms with Crippen LogP contribution in [0.5, 0.6) is 0 Å². The van der Waals surface area contributed by atoms with E-state index in [4.69, 9.17) is 0 Å². The molecule has 2 unspecified atom stereocenters. The van der Waals surface area contributed by atoms with Gasteiger partial charge in [-0.25, -0.2) is 0 Å². The molecule has 140 valence electrons. The van der Waals surface area contributed by atoms with Gasteiger partial charge in [0.15, 0.2) is 0 Å². The van der Waals surface area contributed by atoms with Gasteiger partial charge in [-0.1, -0.05) is 81.7 Å². The Bertz CT molecular complexity index is 790. The maximum Gasteiger partial charge on any atom is -0.00378 e. The Labute approximate surface area is 160 Å². The summed E-state index contributed by atoms with van der Waals surface area (Å²) >= 11 is 0. The highest BCUT2D eigenvalue weighted by Gasteiger charge is 2.60. The average Bonchev–Trinajstić information content (AvgIpc) is 3.25. The van der Waals surface area contributed by atoms with Crippen molar-refractivity contribution in [3.63, 3.8) is 0 Å². The second kappa shape index (κ2) is 5.60. The van der Waals surface area contributed by atoms with Crippen molar-refractivity contribution in [2.75, 3.05) is 0 Å². The number of allylic oxidation sites excluding steroid dienone is 9. The second-order valence-electron chi connectivity index (χ2n) is 10.9. The Morgan fingerprint density at radius 1 is 1.04 bits per heavy atom. The molecule has 0 N–H and O–H groups in total. The molecule has 4 aliphatic carbocycles. The van der Waals surface area contributed by atoms with Crippen molar-refractivity contribution in [1.82, 2.24) is 0 Å². The molecular weight excluding hydrogens is 312 g/mol. The molecular formula is C26H36. The lowest BCUT2D eigenvalue weighted by Crippen LogP contribution is -2.34. The fraction of sp³-hybridized carbons (Fsp3) is 0.615. The second-order valence-corrected chi connectivity index (χ2v) is 10.9. The van der Waals surface area contributed by atoms with Crippen LogP contribution < -0.4 is 0 Å². The van der Waals surface area contributed by atoms with Crippen LogP contribution in [0.2, 0.25) is 0 Å². The molecule has 4 aliphatic rings. The Balaban J connectivity index is 1.69. The minimum Gasteiger partial charge on any atom is -0.0958 e. The van der Waals surface area contributed by atoms with Crippen molar-refractivity contribution in [2.45, 2.75) is 80.1 Å². The average molecular weight is 349 g/mol. The highest BCUT2D eigenvalue weighted by Crippen LogP contribution is 2.70. The van der Waals surface area contributed by atoms with Gasteiger partial charge in [-0.2, -0.15) is 0 Å². The molecule has 2 atom stereocenters. The van der Waals surface area contributed by atoms with Gasteiger partial charge >= 0.3 is 0 Å². The molecule has 4 rings (SSSR count). The van der Waals surface area contributed by atoms with Crippen LogP contribution in [0.4, 0.5) is 0 Å². The van der Waals surface area contributed by atoms with Crippen molar-refractivity contribution in [1.29, 1.82) is 0 Å². The van der Waals surface area contributed by atoms with Gasteiger partial charge in [-0.15, -0.1) is 0 Å². The minimum atomic E-state index is 0.341. The summed E-state index contributed by atoms with van der Waals surface area (Å²) in [6, 6.07) is 0. The largest absolute Gasteiger partial charge is 0.0958 e. The third-order valence-electron chi connectivity index (χ3n) is 7.96. The van der Waals surface area contributed by atoms with Crippen molar-refractivity contribution in [3.05, 3.63) is 58.2 Å². The molecule has 0 nitrogen and oxygen atoms in total. The van der Waals surface area contributed by atoms with Gasteiger partial charge in [-0.05, 0) is 78.8 Å². The number of rotatable bonds is 3. The van der Waals surface area contributed by atoms with Gasteiger partial charge in [0.05, 0.1) is 0 Å². The monoisotopic (exact) mass is 348 g/mol. The van der Waals surface area contributed by atoms with Crippen molar-refractivity contribution >= 4 is 0 Å². The minimum absolute atomic E-state index is 0.341. The smallest absolute Gasteiger partial charge is 0.00378 e. The molecule has 0 radical (unpaired) electrons. The summed E-state index contributed by atoms with van der Waals surface area (Å²) in [5.41, 5.74) is 10.7. The van der Waals surface area contributed by atoms with Gasteiger partial charge in [-0.3, -0.25) is 0 Å². The predicted molar refractivity (Wildman–Crippen MR) is 113 cm³/mol. The van der Waals surface area contributed by atoms with E-state index in [1.807, 2.05) is 5.57 Å². The molecule has 0 aromatic rings. The quantitative estimate of drug-likeness (QED) is 0.490. The normalized spacial score (nSPS) is 34.2. The van der Waals surface area contributed by atoms with E-state index in [2.05, 4.69) is 66.3 Å². The zero-order valence-electron chi connectivity index (χ0n) is 17.8.